The summed E-state index contributed by atoms with van der Waals surface area (Å²) in [5.74, 6) is 6.36. The van der Waals surface area contributed by atoms with Gasteiger partial charge in [0.2, 0.25) is 5.95 Å². The molecule has 156 valence electrons. The van der Waals surface area contributed by atoms with Crippen molar-refractivity contribution in [3.05, 3.63) is 96.3 Å². The molecule has 0 fully saturated rings. The van der Waals surface area contributed by atoms with Gasteiger partial charge in [-0.15, -0.1) is 0 Å². The molecule has 1 aliphatic rings. The van der Waals surface area contributed by atoms with Crippen molar-refractivity contribution >= 4 is 6.09 Å². The summed E-state index contributed by atoms with van der Waals surface area (Å²) in [4.78, 5) is 24.6. The Balaban J connectivity index is 1.15. The molecule has 2 aromatic heterocycles. The fourth-order valence-corrected chi connectivity index (χ4v) is 3.81. The van der Waals surface area contributed by atoms with Crippen LogP contribution in [-0.4, -0.2) is 38.8 Å². The standard InChI is InChI=1S/C25H19N5O2/c31-25(27-11-5-6-18-14-28-24(29-15-18)30-13-12-26-17-30)32-16-23-21-9-3-1-7-19(21)20-8-2-4-10-22(20)23/h1-4,7-10,12-15,17,23H,11,16H2,(H,27,31). The number of carbonyl (C=O) groups excluding carboxylic acids is 1. The zero-order chi connectivity index (χ0) is 21.8. The van der Waals surface area contributed by atoms with Gasteiger partial charge in [0.25, 0.3) is 0 Å². The number of nitrogens with one attached hydrogen (secondary N) is 1. The van der Waals surface area contributed by atoms with Crippen molar-refractivity contribution in [3.8, 4) is 28.9 Å². The molecule has 0 aliphatic heterocycles. The highest BCUT2D eigenvalue weighted by atomic mass is 16.5. The van der Waals surface area contributed by atoms with Gasteiger partial charge >= 0.3 is 6.09 Å². The number of hydrogen-bond acceptors (Lipinski definition) is 5. The molecule has 0 saturated carbocycles. The van der Waals surface area contributed by atoms with E-state index in [1.807, 2.05) is 24.3 Å². The molecule has 7 nitrogen and oxygen atoms in total. The fourth-order valence-electron chi connectivity index (χ4n) is 3.81. The van der Waals surface area contributed by atoms with Crippen LogP contribution in [0.2, 0.25) is 0 Å². The largest absolute Gasteiger partial charge is 0.449 e. The summed E-state index contributed by atoms with van der Waals surface area (Å²) in [5, 5.41) is 2.67. The minimum Gasteiger partial charge on any atom is -0.449 e. The van der Waals surface area contributed by atoms with Gasteiger partial charge in [-0.3, -0.25) is 4.57 Å². The fraction of sp³-hybridized carbons (Fsp3) is 0.120. The van der Waals surface area contributed by atoms with Crippen LogP contribution < -0.4 is 5.32 Å². The molecule has 7 heteroatoms. The minimum absolute atomic E-state index is 0.0328. The zero-order valence-corrected chi connectivity index (χ0v) is 17.1. The third-order valence-electron chi connectivity index (χ3n) is 5.27. The number of hydrogen-bond donors (Lipinski definition) is 1. The van der Waals surface area contributed by atoms with Gasteiger partial charge in [-0.1, -0.05) is 60.4 Å². The maximum absolute atomic E-state index is 12.2. The third kappa shape index (κ3) is 3.94. The van der Waals surface area contributed by atoms with Gasteiger partial charge in [0, 0.05) is 30.7 Å². The van der Waals surface area contributed by atoms with E-state index in [0.717, 1.165) is 0 Å². The van der Waals surface area contributed by atoms with Crippen LogP contribution >= 0.6 is 0 Å². The first-order chi connectivity index (χ1) is 15.8. The van der Waals surface area contributed by atoms with Crippen LogP contribution in [0.3, 0.4) is 0 Å². The summed E-state index contributed by atoms with van der Waals surface area (Å²) < 4.78 is 7.20. The van der Waals surface area contributed by atoms with E-state index in [9.17, 15) is 4.79 Å². The highest BCUT2D eigenvalue weighted by Crippen LogP contribution is 2.44. The Bertz CT molecular complexity index is 1260. The Hall–Kier alpha value is -4.44. The summed E-state index contributed by atoms with van der Waals surface area (Å²) >= 11 is 0. The van der Waals surface area contributed by atoms with Gasteiger partial charge in [0.15, 0.2) is 0 Å². The lowest BCUT2D eigenvalue weighted by Gasteiger charge is -2.14. The number of imidazole rings is 1. The van der Waals surface area contributed by atoms with Crippen LogP contribution in [0.25, 0.3) is 17.1 Å². The van der Waals surface area contributed by atoms with Gasteiger partial charge in [0.05, 0.1) is 12.1 Å². The van der Waals surface area contributed by atoms with Gasteiger partial charge in [-0.25, -0.2) is 19.7 Å². The monoisotopic (exact) mass is 421 g/mol. The zero-order valence-electron chi connectivity index (χ0n) is 17.1. The Morgan fingerprint density at radius 3 is 2.38 bits per heavy atom. The predicted octanol–water partition coefficient (Wildman–Crippen LogP) is 3.55. The Morgan fingerprint density at radius 1 is 1.03 bits per heavy atom. The third-order valence-corrected chi connectivity index (χ3v) is 5.27. The smallest absolute Gasteiger partial charge is 0.407 e. The van der Waals surface area contributed by atoms with E-state index in [-0.39, 0.29) is 19.1 Å². The first kappa shape index (κ1) is 19.5. The van der Waals surface area contributed by atoms with E-state index < -0.39 is 6.09 Å². The van der Waals surface area contributed by atoms with Gasteiger partial charge in [-0.2, -0.15) is 0 Å². The summed E-state index contributed by atoms with van der Waals surface area (Å²) in [5.41, 5.74) is 5.41. The van der Waals surface area contributed by atoms with Gasteiger partial charge < -0.3 is 10.1 Å². The Kier molecular flexibility index (Phi) is 5.33. The van der Waals surface area contributed by atoms with Crippen molar-refractivity contribution in [3.63, 3.8) is 0 Å². The van der Waals surface area contributed by atoms with Gasteiger partial charge in [-0.05, 0) is 22.3 Å². The highest BCUT2D eigenvalue weighted by molar-refractivity contribution is 5.79. The van der Waals surface area contributed by atoms with Crippen LogP contribution in [0.1, 0.15) is 22.6 Å². The second-order valence-electron chi connectivity index (χ2n) is 7.22. The second kappa shape index (κ2) is 8.74. The van der Waals surface area contributed by atoms with E-state index >= 15 is 0 Å². The SMILES string of the molecule is O=C(NCC#Cc1cnc(-n2ccnc2)nc1)OCC1c2ccccc2-c2ccccc21. The number of nitrogens with zero attached hydrogens (tertiary/aromatic N) is 4. The molecule has 5 rings (SSSR count). The molecule has 0 unspecified atom stereocenters. The molecule has 1 N–H and O–H groups in total. The molecule has 2 heterocycles. The number of aromatic nitrogens is 4. The van der Waals surface area contributed by atoms with Crippen LogP contribution in [0.4, 0.5) is 4.79 Å². The predicted molar refractivity (Wildman–Crippen MR) is 119 cm³/mol. The molecule has 0 atom stereocenters. The van der Waals surface area contributed by atoms with Crippen LogP contribution in [0.5, 0.6) is 0 Å². The quantitative estimate of drug-likeness (QED) is 0.510. The van der Waals surface area contributed by atoms with Crippen LogP contribution in [0.15, 0.2) is 79.6 Å². The lowest BCUT2D eigenvalue weighted by molar-refractivity contribution is 0.144. The van der Waals surface area contributed by atoms with Crippen molar-refractivity contribution in [1.29, 1.82) is 0 Å². The Labute approximate surface area is 185 Å². The molecule has 2 aromatic carbocycles. The molecule has 0 saturated heterocycles. The molecule has 0 bridgehead atoms. The first-order valence-electron chi connectivity index (χ1n) is 10.2. The number of amides is 1. The summed E-state index contributed by atoms with van der Waals surface area (Å²) in [6, 6.07) is 16.5. The Morgan fingerprint density at radius 2 is 1.72 bits per heavy atom. The number of ether oxygens (including phenoxy) is 1. The maximum Gasteiger partial charge on any atom is 0.407 e. The van der Waals surface area contributed by atoms with E-state index in [2.05, 4.69) is 56.4 Å². The average molecular weight is 421 g/mol. The highest BCUT2D eigenvalue weighted by Gasteiger charge is 2.28. The molecular formula is C25H19N5O2. The summed E-state index contributed by atoms with van der Waals surface area (Å²) in [7, 11) is 0. The molecular weight excluding hydrogens is 402 g/mol. The number of carbonyl (C=O) groups is 1. The van der Waals surface area contributed by atoms with Crippen LogP contribution in [0, 0.1) is 11.8 Å². The molecule has 0 radical (unpaired) electrons. The molecule has 1 aliphatic carbocycles. The van der Waals surface area contributed by atoms with Crippen LogP contribution in [-0.2, 0) is 4.74 Å². The van der Waals surface area contributed by atoms with E-state index in [1.165, 1.54) is 22.3 Å². The first-order valence-corrected chi connectivity index (χ1v) is 10.2. The van der Waals surface area contributed by atoms with Crippen molar-refractivity contribution in [2.45, 2.75) is 5.92 Å². The number of rotatable bonds is 4. The molecule has 0 spiro atoms. The van der Waals surface area contributed by atoms with E-state index in [4.69, 9.17) is 4.74 Å². The second-order valence-corrected chi connectivity index (χ2v) is 7.22. The van der Waals surface area contributed by atoms with E-state index in [1.54, 1.807) is 35.7 Å². The van der Waals surface area contributed by atoms with Gasteiger partial charge in [0.1, 0.15) is 12.9 Å². The van der Waals surface area contributed by atoms with Crippen molar-refractivity contribution in [1.82, 2.24) is 24.8 Å². The lowest BCUT2D eigenvalue weighted by Crippen LogP contribution is -2.26. The lowest BCUT2D eigenvalue weighted by atomic mass is 9.98. The maximum atomic E-state index is 12.2. The van der Waals surface area contributed by atoms with Crippen molar-refractivity contribution < 1.29 is 9.53 Å². The molecule has 4 aromatic rings. The minimum atomic E-state index is -0.493. The topological polar surface area (TPSA) is 81.9 Å². The number of fused-ring (bicyclic) bond motifs is 3. The number of benzene rings is 2. The normalized spacial score (nSPS) is 11.8. The molecule has 32 heavy (non-hydrogen) atoms. The van der Waals surface area contributed by atoms with E-state index in [0.29, 0.717) is 11.5 Å². The van der Waals surface area contributed by atoms with Crippen molar-refractivity contribution in [2.24, 2.45) is 0 Å². The molecule has 1 amide bonds. The average Bonchev–Trinajstić information content (AvgIpc) is 3.48. The summed E-state index contributed by atoms with van der Waals surface area (Å²) in [6.45, 7) is 0.441. The summed E-state index contributed by atoms with van der Waals surface area (Å²) in [6.07, 6.45) is 7.81. The van der Waals surface area contributed by atoms with Crippen molar-refractivity contribution in [2.75, 3.05) is 13.2 Å². The number of alkyl carbamates (subject to hydrolysis) is 1.